The van der Waals surface area contributed by atoms with Gasteiger partial charge in [-0.25, -0.2) is 0 Å². The van der Waals surface area contributed by atoms with E-state index in [1.165, 1.54) is 4.90 Å². The molecule has 1 aromatic carbocycles. The second kappa shape index (κ2) is 7.76. The van der Waals surface area contributed by atoms with Crippen LogP contribution in [0.3, 0.4) is 0 Å². The minimum Gasteiger partial charge on any atom is -0.480 e. The second-order valence-electron chi connectivity index (χ2n) is 5.78. The van der Waals surface area contributed by atoms with Crippen molar-refractivity contribution in [2.75, 3.05) is 18.4 Å². The highest BCUT2D eigenvalue weighted by Gasteiger charge is 2.18. The van der Waals surface area contributed by atoms with Crippen LogP contribution in [0, 0.1) is 0 Å². The van der Waals surface area contributed by atoms with E-state index in [-0.39, 0.29) is 18.4 Å². The monoisotopic (exact) mass is 318 g/mol. The fourth-order valence-corrected chi connectivity index (χ4v) is 2.77. The average Bonchev–Trinajstić information content (AvgIpc) is 2.85. The van der Waals surface area contributed by atoms with E-state index in [1.54, 1.807) is 0 Å². The van der Waals surface area contributed by atoms with Gasteiger partial charge >= 0.3 is 5.97 Å². The maximum absolute atomic E-state index is 12.1. The number of benzene rings is 1. The minimum atomic E-state index is -0.984. The first-order chi connectivity index (χ1) is 11.0. The lowest BCUT2D eigenvalue weighted by atomic mass is 10.0. The van der Waals surface area contributed by atoms with Crippen LogP contribution < -0.4 is 5.32 Å². The number of aliphatic carboxylic acids is 1. The molecule has 23 heavy (non-hydrogen) atoms. The van der Waals surface area contributed by atoms with Gasteiger partial charge in [-0.3, -0.25) is 14.4 Å². The summed E-state index contributed by atoms with van der Waals surface area (Å²) in [5.74, 6) is -1.09. The first kappa shape index (κ1) is 17.0. The van der Waals surface area contributed by atoms with Gasteiger partial charge in [-0.2, -0.15) is 0 Å². The summed E-state index contributed by atoms with van der Waals surface area (Å²) in [4.78, 5) is 35.6. The largest absolute Gasteiger partial charge is 0.480 e. The molecule has 0 atom stereocenters. The Bertz CT molecular complexity index is 613. The number of carboxylic acids is 1. The van der Waals surface area contributed by atoms with E-state index in [9.17, 15) is 14.4 Å². The molecule has 0 bridgehead atoms. The first-order valence-electron chi connectivity index (χ1n) is 7.90. The van der Waals surface area contributed by atoms with Crippen molar-refractivity contribution in [3.8, 4) is 0 Å². The van der Waals surface area contributed by atoms with Crippen LogP contribution in [-0.4, -0.2) is 40.9 Å². The highest BCUT2D eigenvalue weighted by Crippen LogP contribution is 2.24. The predicted molar refractivity (Wildman–Crippen MR) is 86.2 cm³/mol. The van der Waals surface area contributed by atoms with Gasteiger partial charge in [0.25, 0.3) is 0 Å². The lowest BCUT2D eigenvalue weighted by Crippen LogP contribution is -2.36. The first-order valence-corrected chi connectivity index (χ1v) is 7.90. The molecule has 0 saturated carbocycles. The number of fused-ring (bicyclic) bond motifs is 1. The SMILES string of the molecule is CCCN(CC(=O)O)C(=O)CCCc1ccc2c(c1)CC(=O)N2. The number of rotatable bonds is 8. The Hall–Kier alpha value is -2.37. The lowest BCUT2D eigenvalue weighted by Gasteiger charge is -2.19. The van der Waals surface area contributed by atoms with Crippen LogP contribution in [0.25, 0.3) is 0 Å². The fraction of sp³-hybridized carbons (Fsp3) is 0.471. The molecule has 6 nitrogen and oxygen atoms in total. The van der Waals surface area contributed by atoms with Crippen molar-refractivity contribution < 1.29 is 19.5 Å². The minimum absolute atomic E-state index is 0.0104. The summed E-state index contributed by atoms with van der Waals surface area (Å²) in [5, 5.41) is 11.6. The van der Waals surface area contributed by atoms with Gasteiger partial charge in [-0.1, -0.05) is 19.1 Å². The van der Waals surface area contributed by atoms with Crippen molar-refractivity contribution in [3.63, 3.8) is 0 Å². The van der Waals surface area contributed by atoms with Gasteiger partial charge < -0.3 is 15.3 Å². The van der Waals surface area contributed by atoms with Crippen LogP contribution in [-0.2, 0) is 27.2 Å². The molecule has 124 valence electrons. The second-order valence-corrected chi connectivity index (χ2v) is 5.78. The molecule has 0 aromatic heterocycles. The Morgan fingerprint density at radius 1 is 1.35 bits per heavy atom. The van der Waals surface area contributed by atoms with Crippen molar-refractivity contribution in [1.29, 1.82) is 0 Å². The standard InChI is InChI=1S/C17H22N2O4/c1-2-8-19(11-17(22)23)16(21)5-3-4-12-6-7-14-13(9-12)10-15(20)18-14/h6-7,9H,2-5,8,10-11H2,1H3,(H,18,20)(H,22,23). The van der Waals surface area contributed by atoms with Crippen molar-refractivity contribution in [2.24, 2.45) is 0 Å². The Morgan fingerprint density at radius 2 is 2.13 bits per heavy atom. The molecule has 0 aliphatic carbocycles. The highest BCUT2D eigenvalue weighted by atomic mass is 16.4. The van der Waals surface area contributed by atoms with Crippen molar-refractivity contribution in [1.82, 2.24) is 4.90 Å². The van der Waals surface area contributed by atoms with Gasteiger partial charge in [0.1, 0.15) is 6.54 Å². The number of carbonyl (C=O) groups is 3. The third-order valence-electron chi connectivity index (χ3n) is 3.82. The Balaban J connectivity index is 1.84. The predicted octanol–water partition coefficient (Wildman–Crippen LogP) is 1.83. The van der Waals surface area contributed by atoms with E-state index in [0.717, 1.165) is 29.7 Å². The van der Waals surface area contributed by atoms with Gasteiger partial charge in [0.15, 0.2) is 0 Å². The molecule has 1 aromatic rings. The maximum atomic E-state index is 12.1. The molecular weight excluding hydrogens is 296 g/mol. The van der Waals surface area contributed by atoms with Crippen LogP contribution >= 0.6 is 0 Å². The Morgan fingerprint density at radius 3 is 2.83 bits per heavy atom. The van der Waals surface area contributed by atoms with Gasteiger partial charge in [0.05, 0.1) is 6.42 Å². The van der Waals surface area contributed by atoms with E-state index in [2.05, 4.69) is 5.32 Å². The van der Waals surface area contributed by atoms with E-state index < -0.39 is 5.97 Å². The summed E-state index contributed by atoms with van der Waals surface area (Å²) in [6, 6.07) is 5.85. The van der Waals surface area contributed by atoms with Crippen LogP contribution in [0.2, 0.25) is 0 Å². The van der Waals surface area contributed by atoms with E-state index in [0.29, 0.717) is 25.8 Å². The summed E-state index contributed by atoms with van der Waals surface area (Å²) < 4.78 is 0. The zero-order valence-electron chi connectivity index (χ0n) is 13.3. The van der Waals surface area contributed by atoms with Crippen LogP contribution in [0.4, 0.5) is 5.69 Å². The number of anilines is 1. The molecule has 2 rings (SSSR count). The number of carboxylic acid groups (broad SMARTS) is 1. The van der Waals surface area contributed by atoms with Crippen molar-refractivity contribution >= 4 is 23.5 Å². The zero-order valence-corrected chi connectivity index (χ0v) is 13.3. The number of carbonyl (C=O) groups excluding carboxylic acids is 2. The zero-order chi connectivity index (χ0) is 16.8. The van der Waals surface area contributed by atoms with E-state index >= 15 is 0 Å². The quantitative estimate of drug-likeness (QED) is 0.765. The van der Waals surface area contributed by atoms with Gasteiger partial charge in [0.2, 0.25) is 11.8 Å². The molecule has 0 spiro atoms. The van der Waals surface area contributed by atoms with Gasteiger partial charge in [-0.15, -0.1) is 0 Å². The highest BCUT2D eigenvalue weighted by molar-refractivity contribution is 5.99. The van der Waals surface area contributed by atoms with Crippen molar-refractivity contribution in [2.45, 2.75) is 39.0 Å². The van der Waals surface area contributed by atoms with Crippen LogP contribution in [0.1, 0.15) is 37.3 Å². The smallest absolute Gasteiger partial charge is 0.323 e. The van der Waals surface area contributed by atoms with Crippen molar-refractivity contribution in [3.05, 3.63) is 29.3 Å². The lowest BCUT2D eigenvalue weighted by molar-refractivity contribution is -0.144. The maximum Gasteiger partial charge on any atom is 0.323 e. The van der Waals surface area contributed by atoms with E-state index in [4.69, 9.17) is 5.11 Å². The van der Waals surface area contributed by atoms with Gasteiger partial charge in [0, 0.05) is 18.7 Å². The number of hydrogen-bond donors (Lipinski definition) is 2. The molecule has 1 heterocycles. The third-order valence-corrected chi connectivity index (χ3v) is 3.82. The van der Waals surface area contributed by atoms with Crippen LogP contribution in [0.5, 0.6) is 0 Å². The number of nitrogens with one attached hydrogen (secondary N) is 1. The number of aryl methyl sites for hydroxylation is 1. The van der Waals surface area contributed by atoms with E-state index in [1.807, 2.05) is 25.1 Å². The summed E-state index contributed by atoms with van der Waals surface area (Å²) in [5.41, 5.74) is 2.95. The summed E-state index contributed by atoms with van der Waals surface area (Å²) in [6.07, 6.45) is 2.89. The number of nitrogens with zero attached hydrogens (tertiary/aromatic N) is 1. The number of amides is 2. The molecule has 2 amide bonds. The fourth-order valence-electron chi connectivity index (χ4n) is 2.77. The Kier molecular flexibility index (Phi) is 5.73. The third kappa shape index (κ3) is 4.81. The Labute approximate surface area is 135 Å². The molecular formula is C17H22N2O4. The summed E-state index contributed by atoms with van der Waals surface area (Å²) in [7, 11) is 0. The molecule has 0 radical (unpaired) electrons. The molecule has 1 aliphatic heterocycles. The topological polar surface area (TPSA) is 86.7 Å². The summed E-state index contributed by atoms with van der Waals surface area (Å²) in [6.45, 7) is 2.15. The normalized spacial score (nSPS) is 12.7. The molecule has 2 N–H and O–H groups in total. The molecule has 6 heteroatoms. The number of hydrogen-bond acceptors (Lipinski definition) is 3. The molecule has 1 aliphatic rings. The summed E-state index contributed by atoms with van der Waals surface area (Å²) >= 11 is 0. The van der Waals surface area contributed by atoms with Crippen LogP contribution in [0.15, 0.2) is 18.2 Å². The average molecular weight is 318 g/mol. The molecule has 0 unspecified atom stereocenters. The molecule has 0 saturated heterocycles. The molecule has 0 fully saturated rings. The van der Waals surface area contributed by atoms with Gasteiger partial charge in [-0.05, 0) is 36.5 Å².